The van der Waals surface area contributed by atoms with Crippen molar-refractivity contribution in [3.05, 3.63) is 47.0 Å². The van der Waals surface area contributed by atoms with Crippen LogP contribution < -0.4 is 5.32 Å². The number of rotatable bonds is 7. The van der Waals surface area contributed by atoms with Crippen molar-refractivity contribution in [1.82, 2.24) is 10.2 Å². The van der Waals surface area contributed by atoms with Gasteiger partial charge in [-0.05, 0) is 37.2 Å². The molecule has 3 N–H and O–H groups in total. The van der Waals surface area contributed by atoms with Crippen molar-refractivity contribution in [1.29, 1.82) is 5.26 Å². The van der Waals surface area contributed by atoms with Gasteiger partial charge in [0.25, 0.3) is 5.91 Å². The topological polar surface area (TPSA) is 123 Å². The average molecular weight is 455 g/mol. The van der Waals surface area contributed by atoms with E-state index in [1.807, 2.05) is 58.0 Å². The molecule has 0 unspecified atom stereocenters. The lowest BCUT2D eigenvalue weighted by Gasteiger charge is -2.32. The molecule has 9 heteroatoms. The summed E-state index contributed by atoms with van der Waals surface area (Å²) in [5, 5.41) is 31.2. The molecule has 1 heterocycles. The summed E-state index contributed by atoms with van der Waals surface area (Å²) < 4.78 is 5.32. The second kappa shape index (κ2) is 11.9. The SMILES string of the molecule is Cc1ccc(C[C@H](NC(=O)OC[C@H]2CCCN(C(=O)C(C#N)=CC(C)(C)C)C2)B(O)O)cc1. The highest BCUT2D eigenvalue weighted by Gasteiger charge is 2.29. The second-order valence-electron chi connectivity index (χ2n) is 9.75. The van der Waals surface area contributed by atoms with Crippen molar-refractivity contribution in [2.45, 2.75) is 52.9 Å². The number of carbonyl (C=O) groups excluding carboxylic acids is 2. The Morgan fingerprint density at radius 2 is 2.00 bits per heavy atom. The third kappa shape index (κ3) is 8.91. The minimum absolute atomic E-state index is 0.0578. The summed E-state index contributed by atoms with van der Waals surface area (Å²) in [6.07, 6.45) is 2.72. The van der Waals surface area contributed by atoms with Crippen molar-refractivity contribution in [2.24, 2.45) is 11.3 Å². The van der Waals surface area contributed by atoms with Crippen LogP contribution in [0.3, 0.4) is 0 Å². The van der Waals surface area contributed by atoms with Gasteiger partial charge in [-0.2, -0.15) is 5.26 Å². The largest absolute Gasteiger partial charge is 0.475 e. The summed E-state index contributed by atoms with van der Waals surface area (Å²) in [5.74, 6) is -1.27. The number of hydrogen-bond donors (Lipinski definition) is 3. The number of nitrogens with one attached hydrogen (secondary N) is 1. The van der Waals surface area contributed by atoms with Gasteiger partial charge >= 0.3 is 13.2 Å². The summed E-state index contributed by atoms with van der Waals surface area (Å²) in [6, 6.07) is 9.57. The van der Waals surface area contributed by atoms with Crippen LogP contribution in [-0.4, -0.2) is 59.7 Å². The van der Waals surface area contributed by atoms with Crippen LogP contribution in [0.1, 0.15) is 44.7 Å². The molecule has 1 fully saturated rings. The van der Waals surface area contributed by atoms with E-state index in [0.717, 1.165) is 24.0 Å². The van der Waals surface area contributed by atoms with Crippen molar-refractivity contribution >= 4 is 19.1 Å². The Hall–Kier alpha value is -2.83. The lowest BCUT2D eigenvalue weighted by molar-refractivity contribution is -0.128. The molecular weight excluding hydrogens is 421 g/mol. The van der Waals surface area contributed by atoms with Crippen LogP contribution in [0.15, 0.2) is 35.9 Å². The molecule has 1 saturated heterocycles. The molecule has 2 amide bonds. The molecule has 1 aromatic rings. The maximum Gasteiger partial charge on any atom is 0.475 e. The molecule has 0 saturated carbocycles. The zero-order valence-corrected chi connectivity index (χ0v) is 19.9. The summed E-state index contributed by atoms with van der Waals surface area (Å²) in [6.45, 7) is 8.79. The molecule has 1 aromatic carbocycles. The molecule has 0 spiro atoms. The van der Waals surface area contributed by atoms with Gasteiger partial charge in [0.15, 0.2) is 0 Å². The molecule has 0 aromatic heterocycles. The van der Waals surface area contributed by atoms with Crippen LogP contribution in [0.5, 0.6) is 0 Å². The smallest absolute Gasteiger partial charge is 0.449 e. The summed E-state index contributed by atoms with van der Waals surface area (Å²) >= 11 is 0. The molecule has 2 atom stereocenters. The number of aryl methyl sites for hydroxylation is 1. The molecule has 0 bridgehead atoms. The van der Waals surface area contributed by atoms with Gasteiger partial charge in [-0.15, -0.1) is 0 Å². The molecule has 1 aliphatic heterocycles. The van der Waals surface area contributed by atoms with E-state index in [2.05, 4.69) is 5.32 Å². The molecule has 2 rings (SSSR count). The molecular formula is C24H34BN3O5. The number of piperidine rings is 1. The number of benzene rings is 1. The number of ether oxygens (including phenoxy) is 1. The summed E-state index contributed by atoms with van der Waals surface area (Å²) in [7, 11) is -1.74. The van der Waals surface area contributed by atoms with E-state index in [1.54, 1.807) is 11.0 Å². The Balaban J connectivity index is 1.89. The molecule has 178 valence electrons. The molecule has 0 aliphatic carbocycles. The van der Waals surface area contributed by atoms with Gasteiger partial charge in [0.2, 0.25) is 0 Å². The lowest BCUT2D eigenvalue weighted by atomic mass is 9.76. The second-order valence-corrected chi connectivity index (χ2v) is 9.75. The van der Waals surface area contributed by atoms with Gasteiger partial charge in [0.05, 0.1) is 12.5 Å². The van der Waals surface area contributed by atoms with Gasteiger partial charge in [0.1, 0.15) is 11.6 Å². The minimum Gasteiger partial charge on any atom is -0.449 e. The van der Waals surface area contributed by atoms with Gasteiger partial charge in [-0.1, -0.05) is 56.7 Å². The number of likely N-dealkylation sites (tertiary alicyclic amines) is 1. The number of allylic oxidation sites excluding steroid dienone is 1. The first-order valence-electron chi connectivity index (χ1n) is 11.3. The third-order valence-corrected chi connectivity index (χ3v) is 5.42. The fourth-order valence-corrected chi connectivity index (χ4v) is 3.73. The number of hydrogen-bond acceptors (Lipinski definition) is 6. The maximum absolute atomic E-state index is 12.8. The number of alkyl carbamates (subject to hydrolysis) is 1. The summed E-state index contributed by atoms with van der Waals surface area (Å²) in [5.41, 5.74) is 1.78. The minimum atomic E-state index is -1.74. The van der Waals surface area contributed by atoms with E-state index < -0.39 is 19.2 Å². The fraction of sp³-hybridized carbons (Fsp3) is 0.542. The van der Waals surface area contributed by atoms with Crippen LogP contribution in [-0.2, 0) is 16.0 Å². The van der Waals surface area contributed by atoms with Crippen molar-refractivity contribution in [3.8, 4) is 6.07 Å². The lowest BCUT2D eigenvalue weighted by Crippen LogP contribution is -2.48. The molecule has 0 radical (unpaired) electrons. The summed E-state index contributed by atoms with van der Waals surface area (Å²) in [4.78, 5) is 26.7. The van der Waals surface area contributed by atoms with Gasteiger partial charge < -0.3 is 25.0 Å². The third-order valence-electron chi connectivity index (χ3n) is 5.42. The normalized spacial score (nSPS) is 17.7. The highest BCUT2D eigenvalue weighted by Crippen LogP contribution is 2.22. The zero-order valence-electron chi connectivity index (χ0n) is 19.9. The van der Waals surface area contributed by atoms with Crippen LogP contribution in [0.25, 0.3) is 0 Å². The van der Waals surface area contributed by atoms with Crippen molar-refractivity contribution in [2.75, 3.05) is 19.7 Å². The van der Waals surface area contributed by atoms with Gasteiger partial charge in [0, 0.05) is 19.0 Å². The standard InChI is InChI=1S/C24H34BN3O5/c1-17-7-9-18(10-8-17)12-21(25(31)32)27-23(30)33-16-19-6-5-11-28(15-19)22(29)20(14-26)13-24(2,3)4/h7-10,13,19,21,31-32H,5-6,11-12,15-16H2,1-4H3,(H,27,30)/t19-,21-/m0/s1. The maximum atomic E-state index is 12.8. The highest BCUT2D eigenvalue weighted by atomic mass is 16.5. The highest BCUT2D eigenvalue weighted by molar-refractivity contribution is 6.43. The van der Waals surface area contributed by atoms with Crippen LogP contribution in [0.4, 0.5) is 4.79 Å². The zero-order chi connectivity index (χ0) is 24.6. The van der Waals surface area contributed by atoms with E-state index in [0.29, 0.717) is 13.1 Å². The van der Waals surface area contributed by atoms with Crippen LogP contribution in [0.2, 0.25) is 0 Å². The molecule has 8 nitrogen and oxygen atoms in total. The van der Waals surface area contributed by atoms with Gasteiger partial charge in [-0.25, -0.2) is 4.79 Å². The van der Waals surface area contributed by atoms with E-state index in [1.165, 1.54) is 0 Å². The van der Waals surface area contributed by atoms with Crippen molar-refractivity contribution in [3.63, 3.8) is 0 Å². The Bertz CT molecular complexity index is 887. The fourth-order valence-electron chi connectivity index (χ4n) is 3.73. The Morgan fingerprint density at radius 1 is 1.33 bits per heavy atom. The first kappa shape index (κ1) is 26.4. The van der Waals surface area contributed by atoms with Gasteiger partial charge in [-0.3, -0.25) is 4.79 Å². The number of nitriles is 1. The Kier molecular flexibility index (Phi) is 9.50. The van der Waals surface area contributed by atoms with Crippen LogP contribution >= 0.6 is 0 Å². The first-order valence-corrected chi connectivity index (χ1v) is 11.3. The van der Waals surface area contributed by atoms with E-state index >= 15 is 0 Å². The average Bonchev–Trinajstić information content (AvgIpc) is 2.76. The monoisotopic (exact) mass is 455 g/mol. The Morgan fingerprint density at radius 3 is 2.58 bits per heavy atom. The number of nitrogens with zero attached hydrogens (tertiary/aromatic N) is 2. The van der Waals surface area contributed by atoms with E-state index in [9.17, 15) is 24.9 Å². The molecule has 33 heavy (non-hydrogen) atoms. The first-order chi connectivity index (χ1) is 15.5. The van der Waals surface area contributed by atoms with Crippen molar-refractivity contribution < 1.29 is 24.4 Å². The predicted octanol–water partition coefficient (Wildman–Crippen LogP) is 2.38. The van der Waals surface area contributed by atoms with E-state index in [-0.39, 0.29) is 35.8 Å². The molecule has 1 aliphatic rings. The Labute approximate surface area is 196 Å². The predicted molar refractivity (Wildman–Crippen MR) is 126 cm³/mol. The number of carbonyl (C=O) groups is 2. The van der Waals surface area contributed by atoms with E-state index in [4.69, 9.17) is 4.74 Å². The number of amides is 2. The van der Waals surface area contributed by atoms with Crippen LogP contribution in [0, 0.1) is 29.6 Å². The quantitative estimate of drug-likeness (QED) is 0.330.